The second-order valence-corrected chi connectivity index (χ2v) is 4.46. The van der Waals surface area contributed by atoms with Crippen LogP contribution in [0.1, 0.15) is 6.92 Å². The second-order valence-electron chi connectivity index (χ2n) is 1.31. The fourth-order valence-electron chi connectivity index (χ4n) is 0.216. The Bertz CT molecular complexity index is 159. The molecule has 0 aliphatic carbocycles. The fourth-order valence-corrected chi connectivity index (χ4v) is 0.964. The lowest BCUT2D eigenvalue weighted by molar-refractivity contribution is -0.131. The van der Waals surface area contributed by atoms with Crippen molar-refractivity contribution in [3.05, 3.63) is 0 Å². The average Bonchev–Trinajstić information content (AvgIpc) is 1.63. The lowest BCUT2D eigenvalue weighted by Crippen LogP contribution is -2.04. The molecule has 2 N–H and O–H groups in total. The first kappa shape index (κ1) is 9.04. The summed E-state index contributed by atoms with van der Waals surface area (Å²) >= 11 is 4.54. The third-order valence-electron chi connectivity index (χ3n) is 0.510. The van der Waals surface area contributed by atoms with Crippen molar-refractivity contribution in [1.82, 2.24) is 0 Å². The second kappa shape index (κ2) is 3.27. The molecule has 0 aromatic heterocycles. The normalized spacial score (nSPS) is 16.3. The lowest BCUT2D eigenvalue weighted by atomic mass is 10.9. The Hall–Kier alpha value is 0.0400. The summed E-state index contributed by atoms with van der Waals surface area (Å²) in [7, 11) is 1.31. The van der Waals surface area contributed by atoms with E-state index in [-0.39, 0.29) is 0 Å². The van der Waals surface area contributed by atoms with E-state index in [0.29, 0.717) is 0 Å². The summed E-state index contributed by atoms with van der Waals surface area (Å²) in [6.07, 6.45) is 0. The quantitative estimate of drug-likeness (QED) is 0.605. The van der Waals surface area contributed by atoms with E-state index >= 15 is 0 Å². The van der Waals surface area contributed by atoms with Crippen molar-refractivity contribution in [2.24, 2.45) is 5.50 Å². The van der Waals surface area contributed by atoms with Crippen molar-refractivity contribution in [2.45, 2.75) is 6.92 Å². The highest BCUT2D eigenvalue weighted by molar-refractivity contribution is 8.08. The molecule has 0 spiro atoms. The molecule has 0 saturated heterocycles. The first-order chi connectivity index (χ1) is 3.98. The van der Waals surface area contributed by atoms with Gasteiger partial charge in [0.2, 0.25) is 0 Å². The molecule has 0 aliphatic heterocycles. The SMILES string of the molecule is COP(N)(=S)OC(C)=O. The van der Waals surface area contributed by atoms with Gasteiger partial charge in [-0.05, 0) is 11.8 Å². The van der Waals surface area contributed by atoms with Gasteiger partial charge in [-0.2, -0.15) is 0 Å². The maximum absolute atomic E-state index is 10.2. The number of hydrogen-bond acceptors (Lipinski definition) is 4. The molecule has 0 heterocycles. The standard InChI is InChI=1S/C3H8NO3PS/c1-3(5)7-8(4,9)6-2/h1-2H3,(H2,4,9). The van der Waals surface area contributed by atoms with Crippen molar-refractivity contribution in [3.63, 3.8) is 0 Å². The van der Waals surface area contributed by atoms with Gasteiger partial charge in [-0.1, -0.05) is 0 Å². The molecule has 0 amide bonds. The third-order valence-corrected chi connectivity index (χ3v) is 2.20. The van der Waals surface area contributed by atoms with E-state index in [4.69, 9.17) is 5.50 Å². The molecule has 0 rings (SSSR count). The minimum Gasteiger partial charge on any atom is -0.401 e. The largest absolute Gasteiger partial charge is 0.401 e. The predicted molar refractivity (Wildman–Crippen MR) is 37.2 cm³/mol. The van der Waals surface area contributed by atoms with Gasteiger partial charge in [-0.25, -0.2) is 5.50 Å². The molecule has 0 bridgehead atoms. The topological polar surface area (TPSA) is 61.6 Å². The minimum absolute atomic E-state index is 0.511. The highest BCUT2D eigenvalue weighted by Gasteiger charge is 2.11. The van der Waals surface area contributed by atoms with Crippen LogP contribution in [-0.4, -0.2) is 13.1 Å². The van der Waals surface area contributed by atoms with Crippen LogP contribution in [0.2, 0.25) is 0 Å². The molecule has 0 radical (unpaired) electrons. The highest BCUT2D eigenvalue weighted by atomic mass is 32.5. The summed E-state index contributed by atoms with van der Waals surface area (Å²) in [5.74, 6) is -0.511. The van der Waals surface area contributed by atoms with E-state index < -0.39 is 12.6 Å². The number of rotatable bonds is 2. The zero-order valence-electron chi connectivity index (χ0n) is 5.16. The van der Waals surface area contributed by atoms with Crippen LogP contribution in [0.4, 0.5) is 0 Å². The Morgan fingerprint density at radius 2 is 2.22 bits per heavy atom. The average molecular weight is 169 g/mol. The van der Waals surface area contributed by atoms with Crippen LogP contribution in [0.5, 0.6) is 0 Å². The van der Waals surface area contributed by atoms with Crippen molar-refractivity contribution in [2.75, 3.05) is 7.11 Å². The molecule has 1 atom stereocenters. The summed E-state index contributed by atoms with van der Waals surface area (Å²) in [6.45, 7) is -1.52. The van der Waals surface area contributed by atoms with E-state index in [1.165, 1.54) is 14.0 Å². The molecular formula is C3H8NO3PS. The smallest absolute Gasteiger partial charge is 0.311 e. The van der Waals surface area contributed by atoms with Crippen LogP contribution < -0.4 is 5.50 Å². The van der Waals surface area contributed by atoms with E-state index in [0.717, 1.165) is 0 Å². The summed E-state index contributed by atoms with van der Waals surface area (Å²) < 4.78 is 8.94. The molecule has 0 aliphatic rings. The molecule has 0 saturated carbocycles. The number of carbonyl (C=O) groups excluding carboxylic acids is 1. The van der Waals surface area contributed by atoms with E-state index in [1.807, 2.05) is 0 Å². The van der Waals surface area contributed by atoms with Gasteiger partial charge in [0.15, 0.2) is 0 Å². The summed E-state index contributed by atoms with van der Waals surface area (Å²) in [5, 5.41) is 0. The fraction of sp³-hybridized carbons (Fsp3) is 0.667. The molecule has 0 fully saturated rings. The molecule has 54 valence electrons. The predicted octanol–water partition coefficient (Wildman–Crippen LogP) is 0.379. The molecule has 9 heavy (non-hydrogen) atoms. The minimum atomic E-state index is -2.75. The molecule has 1 unspecified atom stereocenters. The molecule has 0 aromatic rings. The zero-order chi connectivity index (χ0) is 7.49. The van der Waals surface area contributed by atoms with Crippen LogP contribution in [0.3, 0.4) is 0 Å². The Morgan fingerprint density at radius 3 is 2.33 bits per heavy atom. The van der Waals surface area contributed by atoms with Gasteiger partial charge in [0.05, 0.1) is 0 Å². The van der Waals surface area contributed by atoms with E-state index in [1.54, 1.807) is 0 Å². The molecule has 4 nitrogen and oxygen atoms in total. The van der Waals surface area contributed by atoms with Gasteiger partial charge < -0.3 is 9.05 Å². The van der Waals surface area contributed by atoms with Gasteiger partial charge in [-0.3, -0.25) is 4.79 Å². The first-order valence-corrected chi connectivity index (χ1v) is 4.83. The van der Waals surface area contributed by atoms with Crippen LogP contribution in [0, 0.1) is 0 Å². The summed E-state index contributed by atoms with van der Waals surface area (Å²) in [4.78, 5) is 10.2. The maximum Gasteiger partial charge on any atom is 0.311 e. The Balaban J connectivity index is 3.88. The first-order valence-electron chi connectivity index (χ1n) is 2.12. The number of nitrogens with two attached hydrogens (primary N) is 1. The van der Waals surface area contributed by atoms with Crippen LogP contribution in [0.15, 0.2) is 0 Å². The van der Waals surface area contributed by atoms with Gasteiger partial charge in [0, 0.05) is 14.0 Å². The van der Waals surface area contributed by atoms with Crippen LogP contribution in [-0.2, 0) is 25.6 Å². The third kappa shape index (κ3) is 4.54. The Morgan fingerprint density at radius 1 is 1.78 bits per heavy atom. The lowest BCUT2D eigenvalue weighted by Gasteiger charge is -2.11. The van der Waals surface area contributed by atoms with Crippen LogP contribution in [0.25, 0.3) is 0 Å². The van der Waals surface area contributed by atoms with Gasteiger partial charge in [-0.15, -0.1) is 0 Å². The molecule has 6 heteroatoms. The summed E-state index contributed by atoms with van der Waals surface area (Å²) in [6, 6.07) is 0. The van der Waals surface area contributed by atoms with Crippen molar-refractivity contribution in [3.8, 4) is 0 Å². The van der Waals surface area contributed by atoms with Crippen molar-refractivity contribution >= 4 is 24.4 Å². The Labute approximate surface area is 58.5 Å². The molecule has 0 aromatic carbocycles. The molecular weight excluding hydrogens is 161 g/mol. The Kier molecular flexibility index (Phi) is 3.28. The maximum atomic E-state index is 10.2. The highest BCUT2D eigenvalue weighted by Crippen LogP contribution is 2.37. The van der Waals surface area contributed by atoms with Gasteiger partial charge >= 0.3 is 12.6 Å². The van der Waals surface area contributed by atoms with E-state index in [9.17, 15) is 4.79 Å². The van der Waals surface area contributed by atoms with Gasteiger partial charge in [0.25, 0.3) is 0 Å². The van der Waals surface area contributed by atoms with Crippen molar-refractivity contribution in [1.29, 1.82) is 0 Å². The zero-order valence-corrected chi connectivity index (χ0v) is 6.87. The van der Waals surface area contributed by atoms with Crippen LogP contribution >= 0.6 is 6.64 Å². The van der Waals surface area contributed by atoms with Gasteiger partial charge in [0.1, 0.15) is 0 Å². The summed E-state index contributed by atoms with van der Waals surface area (Å²) in [5.41, 5.74) is 5.18. The monoisotopic (exact) mass is 169 g/mol. The van der Waals surface area contributed by atoms with E-state index in [2.05, 4.69) is 20.9 Å². The number of hydrogen-bond donors (Lipinski definition) is 1. The van der Waals surface area contributed by atoms with Crippen molar-refractivity contribution < 1.29 is 13.8 Å². The number of carbonyl (C=O) groups is 1.